The molecule has 1 aliphatic rings. The van der Waals surface area contributed by atoms with Crippen LogP contribution in [0.3, 0.4) is 0 Å². The third kappa shape index (κ3) is 2.45. The molecule has 0 unspecified atom stereocenters. The molecule has 0 aromatic carbocycles. The summed E-state index contributed by atoms with van der Waals surface area (Å²) < 4.78 is 1.06. The van der Waals surface area contributed by atoms with Gasteiger partial charge in [0.1, 0.15) is 0 Å². The standard InChI is InChI=1S/C11H14BrClN2/c12-10-8-14-6-4-11(10)15(7-5-13)9-2-1-3-9/h4,6,8-9H,1-3,5,7H2. The number of anilines is 1. The van der Waals surface area contributed by atoms with E-state index in [4.69, 9.17) is 11.6 Å². The normalized spacial score (nSPS) is 16.1. The van der Waals surface area contributed by atoms with Crippen LogP contribution in [0.2, 0.25) is 0 Å². The summed E-state index contributed by atoms with van der Waals surface area (Å²) >= 11 is 9.39. The predicted molar refractivity (Wildman–Crippen MR) is 67.6 cm³/mol. The first-order valence-electron chi connectivity index (χ1n) is 5.25. The van der Waals surface area contributed by atoms with E-state index in [1.807, 2.05) is 12.4 Å². The Bertz CT molecular complexity index is 328. The maximum absolute atomic E-state index is 5.85. The molecule has 0 N–H and O–H groups in total. The summed E-state index contributed by atoms with van der Waals surface area (Å²) in [5, 5.41) is 0. The van der Waals surface area contributed by atoms with Crippen LogP contribution in [0.1, 0.15) is 19.3 Å². The van der Waals surface area contributed by atoms with E-state index in [9.17, 15) is 0 Å². The van der Waals surface area contributed by atoms with Crippen molar-refractivity contribution in [2.24, 2.45) is 0 Å². The summed E-state index contributed by atoms with van der Waals surface area (Å²) in [6, 6.07) is 2.72. The number of hydrogen-bond donors (Lipinski definition) is 0. The quantitative estimate of drug-likeness (QED) is 0.789. The largest absolute Gasteiger partial charge is 0.366 e. The summed E-state index contributed by atoms with van der Waals surface area (Å²) in [5.74, 6) is 0.672. The van der Waals surface area contributed by atoms with Crippen LogP contribution in [0.5, 0.6) is 0 Å². The van der Waals surface area contributed by atoms with E-state index < -0.39 is 0 Å². The molecule has 0 radical (unpaired) electrons. The Hall–Kier alpha value is -0.280. The highest BCUT2D eigenvalue weighted by Crippen LogP contribution is 2.33. The van der Waals surface area contributed by atoms with Crippen LogP contribution < -0.4 is 4.90 Å². The lowest BCUT2D eigenvalue weighted by molar-refractivity contribution is 0.390. The van der Waals surface area contributed by atoms with Gasteiger partial charge in [0, 0.05) is 30.9 Å². The van der Waals surface area contributed by atoms with Gasteiger partial charge in [0.15, 0.2) is 0 Å². The number of nitrogens with zero attached hydrogens (tertiary/aromatic N) is 2. The highest BCUT2D eigenvalue weighted by atomic mass is 79.9. The zero-order valence-corrected chi connectivity index (χ0v) is 10.8. The van der Waals surface area contributed by atoms with Crippen molar-refractivity contribution in [1.29, 1.82) is 0 Å². The molecule has 2 rings (SSSR count). The van der Waals surface area contributed by atoms with Crippen LogP contribution in [0.25, 0.3) is 0 Å². The van der Waals surface area contributed by atoms with Crippen molar-refractivity contribution < 1.29 is 0 Å². The van der Waals surface area contributed by atoms with Crippen LogP contribution in [0, 0.1) is 0 Å². The molecule has 15 heavy (non-hydrogen) atoms. The molecule has 0 spiro atoms. The zero-order valence-electron chi connectivity index (χ0n) is 8.50. The van der Waals surface area contributed by atoms with Gasteiger partial charge in [0.2, 0.25) is 0 Å². The Morgan fingerprint density at radius 1 is 1.53 bits per heavy atom. The van der Waals surface area contributed by atoms with E-state index in [0.29, 0.717) is 11.9 Å². The molecule has 0 atom stereocenters. The smallest absolute Gasteiger partial charge is 0.0592 e. The molecule has 1 saturated carbocycles. The van der Waals surface area contributed by atoms with Crippen LogP contribution in [0.15, 0.2) is 22.9 Å². The lowest BCUT2D eigenvalue weighted by Gasteiger charge is -2.39. The van der Waals surface area contributed by atoms with E-state index in [1.165, 1.54) is 24.9 Å². The Labute approximate surface area is 104 Å². The fraction of sp³-hybridized carbons (Fsp3) is 0.545. The van der Waals surface area contributed by atoms with Crippen LogP contribution >= 0.6 is 27.5 Å². The van der Waals surface area contributed by atoms with Crippen molar-refractivity contribution in [3.05, 3.63) is 22.9 Å². The molecule has 0 aliphatic heterocycles. The van der Waals surface area contributed by atoms with Gasteiger partial charge in [-0.1, -0.05) is 0 Å². The van der Waals surface area contributed by atoms with Gasteiger partial charge in [0.25, 0.3) is 0 Å². The van der Waals surface area contributed by atoms with Crippen molar-refractivity contribution in [2.75, 3.05) is 17.3 Å². The van der Waals surface area contributed by atoms with Crippen molar-refractivity contribution in [1.82, 2.24) is 4.98 Å². The van der Waals surface area contributed by atoms with Gasteiger partial charge < -0.3 is 4.90 Å². The Morgan fingerprint density at radius 2 is 2.33 bits per heavy atom. The van der Waals surface area contributed by atoms with Gasteiger partial charge in [-0.05, 0) is 41.3 Å². The maximum Gasteiger partial charge on any atom is 0.0592 e. The van der Waals surface area contributed by atoms with Crippen molar-refractivity contribution in [2.45, 2.75) is 25.3 Å². The van der Waals surface area contributed by atoms with E-state index in [2.05, 4.69) is 31.9 Å². The predicted octanol–water partition coefficient (Wildman–Crippen LogP) is 3.44. The summed E-state index contributed by atoms with van der Waals surface area (Å²) in [6.45, 7) is 0.912. The van der Waals surface area contributed by atoms with E-state index in [0.717, 1.165) is 11.0 Å². The highest BCUT2D eigenvalue weighted by Gasteiger charge is 2.25. The number of pyridine rings is 1. The van der Waals surface area contributed by atoms with E-state index in [-0.39, 0.29) is 0 Å². The molecule has 1 aromatic rings. The van der Waals surface area contributed by atoms with Crippen LogP contribution in [-0.2, 0) is 0 Å². The van der Waals surface area contributed by atoms with Crippen LogP contribution in [-0.4, -0.2) is 23.5 Å². The van der Waals surface area contributed by atoms with Crippen molar-refractivity contribution >= 4 is 33.2 Å². The first-order chi connectivity index (χ1) is 7.33. The lowest BCUT2D eigenvalue weighted by Crippen LogP contribution is -2.41. The Morgan fingerprint density at radius 3 is 2.87 bits per heavy atom. The number of alkyl halides is 1. The Balaban J connectivity index is 2.19. The first-order valence-corrected chi connectivity index (χ1v) is 6.58. The molecule has 0 saturated heterocycles. The minimum absolute atomic E-state index is 0.669. The van der Waals surface area contributed by atoms with Gasteiger partial charge in [-0.15, -0.1) is 11.6 Å². The van der Waals surface area contributed by atoms with Gasteiger partial charge in [-0.25, -0.2) is 0 Å². The third-order valence-corrected chi connectivity index (χ3v) is 3.68. The van der Waals surface area contributed by atoms with E-state index in [1.54, 1.807) is 0 Å². The van der Waals surface area contributed by atoms with Gasteiger partial charge in [-0.3, -0.25) is 4.98 Å². The number of hydrogen-bond acceptors (Lipinski definition) is 2. The second kappa shape index (κ2) is 5.17. The molecule has 0 bridgehead atoms. The molecule has 0 amide bonds. The number of aromatic nitrogens is 1. The molecule has 1 fully saturated rings. The number of halogens is 2. The fourth-order valence-electron chi connectivity index (χ4n) is 1.89. The topological polar surface area (TPSA) is 16.1 Å². The molecule has 1 aromatic heterocycles. The number of rotatable bonds is 4. The van der Waals surface area contributed by atoms with E-state index >= 15 is 0 Å². The van der Waals surface area contributed by atoms with Crippen LogP contribution in [0.4, 0.5) is 5.69 Å². The monoisotopic (exact) mass is 288 g/mol. The Kier molecular flexibility index (Phi) is 3.87. The average Bonchev–Trinajstić information content (AvgIpc) is 2.15. The molecule has 1 heterocycles. The van der Waals surface area contributed by atoms with Crippen molar-refractivity contribution in [3.8, 4) is 0 Å². The second-order valence-electron chi connectivity index (χ2n) is 3.79. The molecule has 2 nitrogen and oxygen atoms in total. The summed E-state index contributed by atoms with van der Waals surface area (Å²) in [5.41, 5.74) is 1.22. The van der Waals surface area contributed by atoms with Gasteiger partial charge in [0.05, 0.1) is 10.2 Å². The lowest BCUT2D eigenvalue weighted by atomic mass is 9.91. The summed E-state index contributed by atoms with van der Waals surface area (Å²) in [4.78, 5) is 6.48. The SMILES string of the molecule is ClCCN(c1ccncc1Br)C1CCC1. The minimum atomic E-state index is 0.669. The third-order valence-electron chi connectivity index (χ3n) is 2.90. The zero-order chi connectivity index (χ0) is 10.7. The summed E-state index contributed by atoms with van der Waals surface area (Å²) in [6.07, 6.45) is 7.58. The maximum atomic E-state index is 5.85. The van der Waals surface area contributed by atoms with Crippen molar-refractivity contribution in [3.63, 3.8) is 0 Å². The van der Waals surface area contributed by atoms with Gasteiger partial charge in [-0.2, -0.15) is 0 Å². The molecular weight excluding hydrogens is 275 g/mol. The molecule has 1 aliphatic carbocycles. The molecule has 82 valence electrons. The fourth-order valence-corrected chi connectivity index (χ4v) is 2.55. The first kappa shape index (κ1) is 11.2. The molecule has 4 heteroatoms. The summed E-state index contributed by atoms with van der Waals surface area (Å²) in [7, 11) is 0. The average molecular weight is 290 g/mol. The van der Waals surface area contributed by atoms with Gasteiger partial charge >= 0.3 is 0 Å². The highest BCUT2D eigenvalue weighted by molar-refractivity contribution is 9.10. The minimum Gasteiger partial charge on any atom is -0.366 e. The second-order valence-corrected chi connectivity index (χ2v) is 5.03. The molecular formula is C11H14BrClN2.